The third-order valence-electron chi connectivity index (χ3n) is 8.48. The number of carboxylic acid groups (broad SMARTS) is 1. The summed E-state index contributed by atoms with van der Waals surface area (Å²) < 4.78 is 17.1. The highest BCUT2D eigenvalue weighted by Gasteiger charge is 2.31. The molecule has 0 aliphatic carbocycles. The average molecular weight is 791 g/mol. The highest BCUT2D eigenvalue weighted by molar-refractivity contribution is 5.72. The molecule has 0 aromatic rings. The van der Waals surface area contributed by atoms with Crippen LogP contribution in [0.1, 0.15) is 117 Å². The number of esters is 2. The largest absolute Gasteiger partial charge is 0.477 e. The first-order chi connectivity index (χ1) is 27.6. The van der Waals surface area contributed by atoms with Crippen LogP contribution in [0, 0.1) is 0 Å². The van der Waals surface area contributed by atoms with E-state index in [1.807, 2.05) is 75.8 Å². The van der Waals surface area contributed by atoms with Crippen molar-refractivity contribution in [2.75, 3.05) is 41.0 Å². The lowest BCUT2D eigenvalue weighted by Gasteiger charge is -2.31. The summed E-state index contributed by atoms with van der Waals surface area (Å²) in [5.74, 6) is -1.62. The summed E-state index contributed by atoms with van der Waals surface area (Å²) in [6, 6.07) is -0.639. The van der Waals surface area contributed by atoms with Crippen LogP contribution in [0.3, 0.4) is 0 Å². The number of ether oxygens (including phenoxy) is 3. The van der Waals surface area contributed by atoms with Gasteiger partial charge in [0.25, 0.3) is 0 Å². The van der Waals surface area contributed by atoms with E-state index in [0.717, 1.165) is 70.6 Å². The second-order valence-electron chi connectivity index (χ2n) is 14.6. The maximum Gasteiger partial charge on any atom is 0.362 e. The third-order valence-corrected chi connectivity index (χ3v) is 8.48. The van der Waals surface area contributed by atoms with E-state index in [1.54, 1.807) is 0 Å². The van der Waals surface area contributed by atoms with Crippen molar-refractivity contribution in [3.63, 3.8) is 0 Å². The maximum absolute atomic E-state index is 12.7. The molecule has 2 unspecified atom stereocenters. The van der Waals surface area contributed by atoms with Gasteiger partial charge in [-0.2, -0.15) is 0 Å². The molecule has 0 aliphatic rings. The monoisotopic (exact) mass is 791 g/mol. The Morgan fingerprint density at radius 1 is 0.544 bits per heavy atom. The zero-order valence-electron chi connectivity index (χ0n) is 36.0. The first-order valence-electron chi connectivity index (χ1n) is 21.1. The van der Waals surface area contributed by atoms with Gasteiger partial charge < -0.3 is 23.8 Å². The van der Waals surface area contributed by atoms with Crippen molar-refractivity contribution in [3.05, 3.63) is 122 Å². The van der Waals surface area contributed by atoms with E-state index in [2.05, 4.69) is 80.7 Å². The van der Waals surface area contributed by atoms with E-state index < -0.39 is 24.1 Å². The van der Waals surface area contributed by atoms with Crippen LogP contribution in [0.5, 0.6) is 0 Å². The molecule has 0 saturated heterocycles. The van der Waals surface area contributed by atoms with Gasteiger partial charge in [0, 0.05) is 19.3 Å². The predicted octanol–water partition coefficient (Wildman–Crippen LogP) is 11.5. The number of aliphatic carboxylic acids is 1. The Morgan fingerprint density at radius 3 is 1.60 bits per heavy atom. The van der Waals surface area contributed by atoms with Crippen LogP contribution in [0.25, 0.3) is 0 Å². The van der Waals surface area contributed by atoms with E-state index in [4.69, 9.17) is 14.2 Å². The molecule has 0 fully saturated rings. The first kappa shape index (κ1) is 52.7. The summed E-state index contributed by atoms with van der Waals surface area (Å²) in [5, 5.41) is 9.61. The van der Waals surface area contributed by atoms with Gasteiger partial charge in [-0.3, -0.25) is 9.59 Å². The molecule has 0 rings (SSSR count). The van der Waals surface area contributed by atoms with Gasteiger partial charge in [0.15, 0.2) is 12.1 Å². The van der Waals surface area contributed by atoms with Gasteiger partial charge in [0.2, 0.25) is 0 Å². The van der Waals surface area contributed by atoms with E-state index in [-0.39, 0.29) is 36.7 Å². The van der Waals surface area contributed by atoms with Crippen molar-refractivity contribution < 1.29 is 38.2 Å². The fourth-order valence-corrected chi connectivity index (χ4v) is 5.26. The average Bonchev–Trinajstić information content (AvgIpc) is 3.17. The van der Waals surface area contributed by atoms with Crippen molar-refractivity contribution in [2.45, 2.75) is 129 Å². The number of unbranched alkanes of at least 4 members (excludes halogenated alkanes) is 5. The lowest BCUT2D eigenvalue weighted by Crippen LogP contribution is -2.50. The van der Waals surface area contributed by atoms with Crippen molar-refractivity contribution >= 4 is 17.9 Å². The van der Waals surface area contributed by atoms with Crippen molar-refractivity contribution in [1.29, 1.82) is 0 Å². The highest BCUT2D eigenvalue weighted by atomic mass is 16.6. The molecule has 0 bridgehead atoms. The molecule has 0 aromatic carbocycles. The topological polar surface area (TPSA) is 99.1 Å². The van der Waals surface area contributed by atoms with Crippen LogP contribution in [0.15, 0.2) is 122 Å². The second-order valence-corrected chi connectivity index (χ2v) is 14.6. The Labute approximate surface area is 346 Å². The van der Waals surface area contributed by atoms with Gasteiger partial charge in [0.05, 0.1) is 34.4 Å². The number of rotatable bonds is 35. The molecule has 0 saturated carbocycles. The fourth-order valence-electron chi connectivity index (χ4n) is 5.26. The summed E-state index contributed by atoms with van der Waals surface area (Å²) in [7, 11) is 5.47. The highest BCUT2D eigenvalue weighted by Crippen LogP contribution is 2.11. The summed E-state index contributed by atoms with van der Waals surface area (Å²) in [4.78, 5) is 36.9. The first-order valence-corrected chi connectivity index (χ1v) is 21.1. The molecule has 0 radical (unpaired) electrons. The Balaban J connectivity index is 4.51. The Hall–Kier alpha value is -4.27. The molecular formula is C49H76NO7+. The predicted molar refractivity (Wildman–Crippen MR) is 238 cm³/mol. The molecule has 0 aromatic heterocycles. The van der Waals surface area contributed by atoms with Gasteiger partial charge >= 0.3 is 17.9 Å². The summed E-state index contributed by atoms with van der Waals surface area (Å²) in [6.07, 6.45) is 54.0. The molecule has 8 nitrogen and oxygen atoms in total. The molecule has 2 atom stereocenters. The molecule has 0 amide bonds. The lowest BCUT2D eigenvalue weighted by molar-refractivity contribution is -0.887. The van der Waals surface area contributed by atoms with Gasteiger partial charge in [0.1, 0.15) is 6.61 Å². The molecule has 318 valence electrons. The standard InChI is InChI=1S/C49H75NO7/c1-6-8-10-12-14-16-18-20-21-22-23-24-25-26-28-29-31-33-35-37-39-47(51)56-44-45(43-55-42-41-46(49(53)54)50(3,4)5)57-48(52)40-38-36-34-32-30-27-19-17-15-13-11-9-7-2/h8-11,13-17,19-21,23-24,26-28,30,32,34,45-46H,6-7,12,18,22,25,29,31,33,35-44H2,1-5H3/p+1/b10-8+,11-9+,15-13+,16-14+,19-17+,21-20+,24-23+,28-26+,30-27+,34-32+. The molecule has 8 heteroatoms. The number of likely N-dealkylation sites (N-methyl/N-ethyl adjacent to an activating group) is 1. The van der Waals surface area contributed by atoms with Gasteiger partial charge in [-0.05, 0) is 70.6 Å². The van der Waals surface area contributed by atoms with Gasteiger partial charge in [-0.25, -0.2) is 4.79 Å². The number of quaternary nitrogens is 1. The smallest absolute Gasteiger partial charge is 0.362 e. The zero-order chi connectivity index (χ0) is 42.1. The number of carbonyl (C=O) groups excluding carboxylic acids is 2. The number of carboxylic acids is 1. The molecule has 0 aliphatic heterocycles. The third kappa shape index (κ3) is 37.1. The van der Waals surface area contributed by atoms with Crippen LogP contribution in [0.4, 0.5) is 0 Å². The maximum atomic E-state index is 12.7. The minimum Gasteiger partial charge on any atom is -0.477 e. The van der Waals surface area contributed by atoms with Crippen molar-refractivity contribution in [2.24, 2.45) is 0 Å². The van der Waals surface area contributed by atoms with E-state index in [0.29, 0.717) is 25.7 Å². The summed E-state index contributed by atoms with van der Waals surface area (Å²) in [6.45, 7) is 4.33. The van der Waals surface area contributed by atoms with E-state index >= 15 is 0 Å². The van der Waals surface area contributed by atoms with Crippen LogP contribution in [0.2, 0.25) is 0 Å². The number of hydrogen-bond donors (Lipinski definition) is 1. The number of allylic oxidation sites excluding steroid dienone is 20. The number of nitrogens with zero attached hydrogens (tertiary/aromatic N) is 1. The Morgan fingerprint density at radius 2 is 1.04 bits per heavy atom. The quantitative estimate of drug-likeness (QED) is 0.0224. The van der Waals surface area contributed by atoms with Crippen LogP contribution in [-0.4, -0.2) is 80.6 Å². The van der Waals surface area contributed by atoms with E-state index in [1.165, 1.54) is 0 Å². The molecule has 0 heterocycles. The normalized spacial score (nSPS) is 14.2. The van der Waals surface area contributed by atoms with Crippen molar-refractivity contribution in [3.8, 4) is 0 Å². The molecule has 1 N–H and O–H groups in total. The minimum atomic E-state index is -0.897. The summed E-state index contributed by atoms with van der Waals surface area (Å²) in [5.41, 5.74) is 0. The van der Waals surface area contributed by atoms with Crippen LogP contribution < -0.4 is 0 Å². The summed E-state index contributed by atoms with van der Waals surface area (Å²) >= 11 is 0. The number of hydrogen-bond acceptors (Lipinski definition) is 6. The van der Waals surface area contributed by atoms with Crippen LogP contribution in [-0.2, 0) is 28.6 Å². The number of carbonyl (C=O) groups is 3. The Bertz CT molecular complexity index is 1340. The van der Waals surface area contributed by atoms with E-state index in [9.17, 15) is 19.5 Å². The fraction of sp³-hybridized carbons (Fsp3) is 0.531. The molecule has 0 spiro atoms. The van der Waals surface area contributed by atoms with Gasteiger partial charge in [-0.1, -0.05) is 148 Å². The molecular weight excluding hydrogens is 715 g/mol. The van der Waals surface area contributed by atoms with Crippen LogP contribution >= 0.6 is 0 Å². The Kier molecular flexibility index (Phi) is 35.7. The SMILES string of the molecule is CC/C=C/C=C/C=C/C=C/C=C/CCCC(=O)OC(COCCC(C(=O)O)[N+](C)(C)C)COC(=O)CCCCCC/C=C/C/C=C/C/C=C/C/C=C/C/C=C/CC. The molecule has 57 heavy (non-hydrogen) atoms. The second kappa shape index (κ2) is 38.6. The minimum absolute atomic E-state index is 0.0145. The van der Waals surface area contributed by atoms with Gasteiger partial charge in [-0.15, -0.1) is 0 Å². The zero-order valence-corrected chi connectivity index (χ0v) is 36.0. The van der Waals surface area contributed by atoms with Crippen molar-refractivity contribution in [1.82, 2.24) is 0 Å². The lowest BCUT2D eigenvalue weighted by atomic mass is 10.1.